The van der Waals surface area contributed by atoms with Gasteiger partial charge in [-0.3, -0.25) is 4.79 Å². The van der Waals surface area contributed by atoms with Crippen molar-refractivity contribution in [3.63, 3.8) is 0 Å². The van der Waals surface area contributed by atoms with Gasteiger partial charge in [0.15, 0.2) is 10.6 Å². The first-order valence-corrected chi connectivity index (χ1v) is 10.0. The predicted octanol–water partition coefficient (Wildman–Crippen LogP) is 4.26. The van der Waals surface area contributed by atoms with Crippen molar-refractivity contribution < 1.29 is 19.1 Å². The van der Waals surface area contributed by atoms with Crippen LogP contribution in [0.25, 0.3) is 10.9 Å². The van der Waals surface area contributed by atoms with Crippen LogP contribution >= 0.6 is 23.2 Å². The summed E-state index contributed by atoms with van der Waals surface area (Å²) >= 11 is 11.4. The molecule has 1 aromatic carbocycles. The van der Waals surface area contributed by atoms with Crippen LogP contribution in [0.2, 0.25) is 0 Å². The lowest BCUT2D eigenvalue weighted by Crippen LogP contribution is -2.33. The molecule has 9 heteroatoms. The number of alkyl halides is 2. The first-order chi connectivity index (χ1) is 13.4. The number of rotatable bonds is 9. The highest BCUT2D eigenvalue weighted by Crippen LogP contribution is 2.35. The second kappa shape index (κ2) is 10.5. The van der Waals surface area contributed by atoms with Crippen molar-refractivity contribution in [3.05, 3.63) is 24.4 Å². The molecule has 1 aromatic heterocycles. The average Bonchev–Trinajstić information content (AvgIpc) is 3.08. The van der Waals surface area contributed by atoms with Crippen molar-refractivity contribution in [2.24, 2.45) is 0 Å². The van der Waals surface area contributed by atoms with Crippen LogP contribution in [-0.4, -0.2) is 52.6 Å². The number of halogens is 2. The maximum atomic E-state index is 12.4. The number of carbonyl (C=O) groups excluding carboxylic acids is 2. The smallest absolute Gasteiger partial charge is 0.408 e. The number of hydrogen-bond donors (Lipinski definition) is 1. The standard InChI is InChI=1S/C19H25Cl2N3O4/c1-4-23(5-2)19(26)28-15-8-7-14-13(16(15)22-18(25)17(20)21)9-10-24(14)11-12-27-6-3/h7-10,17H,4-6,11-12H2,1-3H3,(H,22,25). The molecule has 2 rings (SSSR count). The van der Waals surface area contributed by atoms with E-state index in [9.17, 15) is 9.59 Å². The summed E-state index contributed by atoms with van der Waals surface area (Å²) in [6.45, 7) is 8.53. The summed E-state index contributed by atoms with van der Waals surface area (Å²) in [4.78, 5) is 24.8. The van der Waals surface area contributed by atoms with Crippen molar-refractivity contribution in [2.45, 2.75) is 32.2 Å². The summed E-state index contributed by atoms with van der Waals surface area (Å²) in [7, 11) is 0. The quantitative estimate of drug-likeness (QED) is 0.477. The molecule has 0 aliphatic heterocycles. The molecule has 7 nitrogen and oxygen atoms in total. The minimum Gasteiger partial charge on any atom is -0.408 e. The van der Waals surface area contributed by atoms with Crippen LogP contribution in [0.4, 0.5) is 10.5 Å². The number of carbonyl (C=O) groups is 2. The van der Waals surface area contributed by atoms with Crippen molar-refractivity contribution in [1.29, 1.82) is 0 Å². The topological polar surface area (TPSA) is 72.8 Å². The third-order valence-corrected chi connectivity index (χ3v) is 4.66. The summed E-state index contributed by atoms with van der Waals surface area (Å²) in [6, 6.07) is 5.32. The molecule has 0 saturated carbocycles. The average molecular weight is 430 g/mol. The molecule has 154 valence electrons. The van der Waals surface area contributed by atoms with Gasteiger partial charge in [-0.15, -0.1) is 0 Å². The molecule has 0 unspecified atom stereocenters. The fraction of sp³-hybridized carbons (Fsp3) is 0.474. The van der Waals surface area contributed by atoms with Crippen LogP contribution in [0.5, 0.6) is 5.75 Å². The SMILES string of the molecule is CCOCCn1ccc2c(NC(=O)C(Cl)Cl)c(OC(=O)N(CC)CC)ccc21. The van der Waals surface area contributed by atoms with E-state index in [2.05, 4.69) is 5.32 Å². The largest absolute Gasteiger partial charge is 0.415 e. The van der Waals surface area contributed by atoms with Gasteiger partial charge in [0.05, 0.1) is 17.8 Å². The molecule has 0 aliphatic carbocycles. The minimum atomic E-state index is -1.25. The van der Waals surface area contributed by atoms with Crippen LogP contribution < -0.4 is 10.1 Å². The molecular formula is C19H25Cl2N3O4. The van der Waals surface area contributed by atoms with Crippen molar-refractivity contribution >= 4 is 51.8 Å². The lowest BCUT2D eigenvalue weighted by molar-refractivity contribution is -0.114. The maximum Gasteiger partial charge on any atom is 0.415 e. The molecule has 28 heavy (non-hydrogen) atoms. The highest BCUT2D eigenvalue weighted by Gasteiger charge is 2.21. The zero-order chi connectivity index (χ0) is 20.7. The van der Waals surface area contributed by atoms with E-state index in [1.54, 1.807) is 6.07 Å². The number of nitrogens with zero attached hydrogens (tertiary/aromatic N) is 2. The van der Waals surface area contributed by atoms with Crippen molar-refractivity contribution in [2.75, 3.05) is 31.6 Å². The molecular weight excluding hydrogens is 405 g/mol. The summed E-state index contributed by atoms with van der Waals surface area (Å²) < 4.78 is 12.9. The van der Waals surface area contributed by atoms with Crippen LogP contribution in [0.15, 0.2) is 24.4 Å². The lowest BCUT2D eigenvalue weighted by atomic mass is 10.2. The molecule has 2 aromatic rings. The molecule has 0 radical (unpaired) electrons. The molecule has 1 heterocycles. The Morgan fingerprint density at radius 2 is 1.89 bits per heavy atom. The van der Waals surface area contributed by atoms with E-state index in [0.717, 1.165) is 5.52 Å². The number of fused-ring (bicyclic) bond motifs is 1. The number of anilines is 1. The van der Waals surface area contributed by atoms with Crippen LogP contribution in [-0.2, 0) is 16.1 Å². The number of amides is 2. The molecule has 0 saturated heterocycles. The van der Waals surface area contributed by atoms with E-state index in [0.29, 0.717) is 43.9 Å². The van der Waals surface area contributed by atoms with Gasteiger partial charge in [-0.05, 0) is 39.0 Å². The van der Waals surface area contributed by atoms with Gasteiger partial charge in [0, 0.05) is 37.8 Å². The van der Waals surface area contributed by atoms with E-state index in [1.807, 2.05) is 43.7 Å². The zero-order valence-corrected chi connectivity index (χ0v) is 17.7. The van der Waals surface area contributed by atoms with E-state index >= 15 is 0 Å². The van der Waals surface area contributed by atoms with Gasteiger partial charge in [0.1, 0.15) is 0 Å². The second-order valence-electron chi connectivity index (χ2n) is 5.91. The van der Waals surface area contributed by atoms with E-state index in [-0.39, 0.29) is 5.75 Å². The fourth-order valence-electron chi connectivity index (χ4n) is 2.79. The van der Waals surface area contributed by atoms with Gasteiger partial charge < -0.3 is 24.3 Å². The minimum absolute atomic E-state index is 0.231. The van der Waals surface area contributed by atoms with Gasteiger partial charge in [-0.1, -0.05) is 23.2 Å². The molecule has 0 atom stereocenters. The summed E-state index contributed by atoms with van der Waals surface area (Å²) in [6.07, 6.45) is 1.39. The van der Waals surface area contributed by atoms with Crippen molar-refractivity contribution in [1.82, 2.24) is 9.47 Å². The Bertz CT molecular complexity index is 819. The zero-order valence-electron chi connectivity index (χ0n) is 16.2. The molecule has 2 amide bonds. The highest BCUT2D eigenvalue weighted by molar-refractivity contribution is 6.54. The number of nitrogens with one attached hydrogen (secondary N) is 1. The normalized spacial score (nSPS) is 11.1. The lowest BCUT2D eigenvalue weighted by Gasteiger charge is -2.20. The van der Waals surface area contributed by atoms with E-state index < -0.39 is 16.8 Å². The Hall–Kier alpha value is -1.96. The van der Waals surface area contributed by atoms with Gasteiger partial charge >= 0.3 is 6.09 Å². The van der Waals surface area contributed by atoms with Gasteiger partial charge in [0.2, 0.25) is 0 Å². The summed E-state index contributed by atoms with van der Waals surface area (Å²) in [5, 5.41) is 3.38. The first-order valence-electron chi connectivity index (χ1n) is 9.18. The molecule has 1 N–H and O–H groups in total. The Morgan fingerprint density at radius 1 is 1.18 bits per heavy atom. The third-order valence-electron chi connectivity index (χ3n) is 4.26. The second-order valence-corrected chi connectivity index (χ2v) is 7.00. The molecule has 0 bridgehead atoms. The predicted molar refractivity (Wildman–Crippen MR) is 111 cm³/mol. The Labute approximate surface area is 174 Å². The molecule has 0 aliphatic rings. The number of aromatic nitrogens is 1. The summed E-state index contributed by atoms with van der Waals surface area (Å²) in [5.41, 5.74) is 1.21. The first kappa shape index (κ1) is 22.3. The monoisotopic (exact) mass is 429 g/mol. The van der Waals surface area contributed by atoms with Gasteiger partial charge in [-0.2, -0.15) is 0 Å². The Morgan fingerprint density at radius 3 is 2.50 bits per heavy atom. The fourth-order valence-corrected chi connectivity index (χ4v) is 2.90. The number of benzene rings is 1. The highest BCUT2D eigenvalue weighted by atomic mass is 35.5. The van der Waals surface area contributed by atoms with Gasteiger partial charge in [-0.25, -0.2) is 4.79 Å². The third kappa shape index (κ3) is 5.31. The van der Waals surface area contributed by atoms with Crippen LogP contribution in [0.1, 0.15) is 20.8 Å². The van der Waals surface area contributed by atoms with Crippen LogP contribution in [0.3, 0.4) is 0 Å². The van der Waals surface area contributed by atoms with Gasteiger partial charge in [0.25, 0.3) is 5.91 Å². The van der Waals surface area contributed by atoms with Crippen molar-refractivity contribution in [3.8, 4) is 5.75 Å². The number of hydrogen-bond acceptors (Lipinski definition) is 4. The van der Waals surface area contributed by atoms with E-state index in [1.165, 1.54) is 4.90 Å². The number of ether oxygens (including phenoxy) is 2. The maximum absolute atomic E-state index is 12.4. The summed E-state index contributed by atoms with van der Waals surface area (Å²) in [5.74, 6) is -0.368. The molecule has 0 fully saturated rings. The Kier molecular flexibility index (Phi) is 8.41. The van der Waals surface area contributed by atoms with Crippen LogP contribution in [0, 0.1) is 0 Å². The Balaban J connectivity index is 2.42. The van der Waals surface area contributed by atoms with E-state index in [4.69, 9.17) is 32.7 Å². The molecule has 0 spiro atoms.